The van der Waals surface area contributed by atoms with Crippen molar-refractivity contribution in [3.05, 3.63) is 60.2 Å². The highest BCUT2D eigenvalue weighted by atomic mass is 32.2. The molecule has 2 aromatic carbocycles. The summed E-state index contributed by atoms with van der Waals surface area (Å²) in [7, 11) is 2.00. The zero-order valence-electron chi connectivity index (χ0n) is 12.0. The lowest BCUT2D eigenvalue weighted by Crippen LogP contribution is -2.12. The van der Waals surface area contributed by atoms with Crippen LogP contribution in [-0.2, 0) is 0 Å². The van der Waals surface area contributed by atoms with Crippen LogP contribution in [0.5, 0.6) is 0 Å². The maximum Gasteiger partial charge on any atom is 0.0289 e. The Balaban J connectivity index is 1.79. The number of rotatable bonds is 7. The highest BCUT2D eigenvalue weighted by molar-refractivity contribution is 8.03. The molecule has 106 valence electrons. The first-order chi connectivity index (χ1) is 9.79. The second-order valence-electron chi connectivity index (χ2n) is 4.59. The standard InChI is InChI=1S/C17H21NS2/c1-14(18-2)15-7-6-10-17(13-15)20-12-11-19-16-8-4-3-5-9-16/h3-10,13-14,18H,11-12H2,1-2H3. The molecule has 1 N–H and O–H groups in total. The minimum atomic E-state index is 0.411. The lowest BCUT2D eigenvalue weighted by Gasteiger charge is -2.11. The zero-order valence-corrected chi connectivity index (χ0v) is 13.6. The summed E-state index contributed by atoms with van der Waals surface area (Å²) in [6.45, 7) is 2.19. The molecule has 20 heavy (non-hydrogen) atoms. The van der Waals surface area contributed by atoms with Crippen molar-refractivity contribution < 1.29 is 0 Å². The van der Waals surface area contributed by atoms with E-state index in [1.165, 1.54) is 15.4 Å². The first-order valence-electron chi connectivity index (χ1n) is 6.87. The van der Waals surface area contributed by atoms with Crippen molar-refractivity contribution in [2.75, 3.05) is 18.6 Å². The molecule has 0 amide bonds. The van der Waals surface area contributed by atoms with Gasteiger partial charge in [0.05, 0.1) is 0 Å². The van der Waals surface area contributed by atoms with Crippen molar-refractivity contribution in [1.82, 2.24) is 5.32 Å². The largest absolute Gasteiger partial charge is 0.313 e. The normalized spacial score (nSPS) is 12.3. The molecule has 3 heteroatoms. The topological polar surface area (TPSA) is 12.0 Å². The molecule has 0 fully saturated rings. The first-order valence-corrected chi connectivity index (χ1v) is 8.84. The zero-order chi connectivity index (χ0) is 14.2. The van der Waals surface area contributed by atoms with Crippen molar-refractivity contribution in [3.63, 3.8) is 0 Å². The molecular weight excluding hydrogens is 282 g/mol. The predicted molar refractivity (Wildman–Crippen MR) is 91.8 cm³/mol. The second-order valence-corrected chi connectivity index (χ2v) is 6.93. The molecule has 0 aliphatic carbocycles. The molecule has 1 nitrogen and oxygen atoms in total. The summed E-state index contributed by atoms with van der Waals surface area (Å²) in [5.41, 5.74) is 1.35. The summed E-state index contributed by atoms with van der Waals surface area (Å²) in [6.07, 6.45) is 0. The molecule has 1 unspecified atom stereocenters. The molecule has 0 aliphatic rings. The molecule has 0 saturated carbocycles. The Labute approximate surface area is 130 Å². The van der Waals surface area contributed by atoms with Gasteiger partial charge in [-0.15, -0.1) is 23.5 Å². The SMILES string of the molecule is CNC(C)c1cccc(SCCSc2ccccc2)c1. The van der Waals surface area contributed by atoms with E-state index in [1.807, 2.05) is 30.6 Å². The molecule has 0 bridgehead atoms. The number of nitrogens with one attached hydrogen (secondary N) is 1. The third-order valence-corrected chi connectivity index (χ3v) is 5.42. The minimum absolute atomic E-state index is 0.411. The fraction of sp³-hybridized carbons (Fsp3) is 0.294. The molecule has 0 spiro atoms. The molecule has 0 heterocycles. The quantitative estimate of drug-likeness (QED) is 0.580. The van der Waals surface area contributed by atoms with Crippen LogP contribution >= 0.6 is 23.5 Å². The van der Waals surface area contributed by atoms with Gasteiger partial charge in [0.1, 0.15) is 0 Å². The average molecular weight is 303 g/mol. The van der Waals surface area contributed by atoms with E-state index in [4.69, 9.17) is 0 Å². The van der Waals surface area contributed by atoms with E-state index < -0.39 is 0 Å². The highest BCUT2D eigenvalue weighted by Gasteiger charge is 2.03. The van der Waals surface area contributed by atoms with Gasteiger partial charge in [-0.25, -0.2) is 0 Å². The van der Waals surface area contributed by atoms with Gasteiger partial charge in [0, 0.05) is 27.3 Å². The fourth-order valence-electron chi connectivity index (χ4n) is 1.88. The van der Waals surface area contributed by atoms with Crippen molar-refractivity contribution in [2.45, 2.75) is 22.8 Å². The smallest absolute Gasteiger partial charge is 0.0289 e. The van der Waals surface area contributed by atoms with Crippen molar-refractivity contribution in [1.29, 1.82) is 0 Å². The Kier molecular flexibility index (Phi) is 6.51. The maximum absolute atomic E-state index is 3.28. The van der Waals surface area contributed by atoms with Crippen LogP contribution in [0.15, 0.2) is 64.4 Å². The minimum Gasteiger partial charge on any atom is -0.313 e. The maximum atomic E-state index is 3.28. The van der Waals surface area contributed by atoms with E-state index in [9.17, 15) is 0 Å². The van der Waals surface area contributed by atoms with Crippen LogP contribution in [0.2, 0.25) is 0 Å². The Morgan fingerprint density at radius 3 is 2.25 bits per heavy atom. The first kappa shape index (κ1) is 15.5. The number of hydrogen-bond donors (Lipinski definition) is 1. The molecule has 0 aromatic heterocycles. The van der Waals surface area contributed by atoms with Gasteiger partial charge in [0.2, 0.25) is 0 Å². The molecule has 0 saturated heterocycles. The number of benzene rings is 2. The molecule has 2 rings (SSSR count). The summed E-state index contributed by atoms with van der Waals surface area (Å²) in [4.78, 5) is 2.71. The van der Waals surface area contributed by atoms with Crippen LogP contribution in [0.3, 0.4) is 0 Å². The Morgan fingerprint density at radius 2 is 1.55 bits per heavy atom. The van der Waals surface area contributed by atoms with Gasteiger partial charge < -0.3 is 5.32 Å². The van der Waals surface area contributed by atoms with Crippen LogP contribution < -0.4 is 5.32 Å². The Hall–Kier alpha value is -0.900. The van der Waals surface area contributed by atoms with E-state index in [0.717, 1.165) is 11.5 Å². The van der Waals surface area contributed by atoms with Gasteiger partial charge in [-0.3, -0.25) is 0 Å². The fourth-order valence-corrected chi connectivity index (χ4v) is 3.76. The summed E-state index contributed by atoms with van der Waals surface area (Å²) in [6, 6.07) is 19.8. The summed E-state index contributed by atoms with van der Waals surface area (Å²) in [5, 5.41) is 3.28. The van der Waals surface area contributed by atoms with Crippen molar-refractivity contribution in [2.24, 2.45) is 0 Å². The van der Waals surface area contributed by atoms with E-state index in [1.54, 1.807) is 0 Å². The van der Waals surface area contributed by atoms with E-state index in [0.29, 0.717) is 6.04 Å². The summed E-state index contributed by atoms with van der Waals surface area (Å²) < 4.78 is 0. The van der Waals surface area contributed by atoms with Crippen molar-refractivity contribution >= 4 is 23.5 Å². The lowest BCUT2D eigenvalue weighted by atomic mass is 10.1. The average Bonchev–Trinajstić information content (AvgIpc) is 2.52. The van der Waals surface area contributed by atoms with Gasteiger partial charge in [0.25, 0.3) is 0 Å². The third-order valence-electron chi connectivity index (χ3n) is 3.16. The van der Waals surface area contributed by atoms with Crippen LogP contribution in [0.4, 0.5) is 0 Å². The second kappa shape index (κ2) is 8.40. The molecular formula is C17H21NS2. The van der Waals surface area contributed by atoms with Gasteiger partial charge >= 0.3 is 0 Å². The van der Waals surface area contributed by atoms with Crippen LogP contribution in [0, 0.1) is 0 Å². The molecule has 2 aromatic rings. The van der Waals surface area contributed by atoms with Gasteiger partial charge in [-0.1, -0.05) is 30.3 Å². The Bertz CT molecular complexity index is 513. The van der Waals surface area contributed by atoms with Crippen molar-refractivity contribution in [3.8, 4) is 0 Å². The molecule has 0 aliphatic heterocycles. The molecule has 0 radical (unpaired) electrons. The number of hydrogen-bond acceptors (Lipinski definition) is 3. The van der Waals surface area contributed by atoms with E-state index in [-0.39, 0.29) is 0 Å². The van der Waals surface area contributed by atoms with Crippen LogP contribution in [0.25, 0.3) is 0 Å². The van der Waals surface area contributed by atoms with Gasteiger partial charge in [0.15, 0.2) is 0 Å². The lowest BCUT2D eigenvalue weighted by molar-refractivity contribution is 0.651. The number of thioether (sulfide) groups is 2. The summed E-state index contributed by atoms with van der Waals surface area (Å²) >= 11 is 3.85. The Morgan fingerprint density at radius 1 is 0.900 bits per heavy atom. The van der Waals surface area contributed by atoms with Gasteiger partial charge in [-0.05, 0) is 43.8 Å². The molecule has 1 atom stereocenters. The van der Waals surface area contributed by atoms with E-state index >= 15 is 0 Å². The highest BCUT2D eigenvalue weighted by Crippen LogP contribution is 2.25. The third kappa shape index (κ3) is 4.89. The van der Waals surface area contributed by atoms with E-state index in [2.05, 4.69) is 66.8 Å². The summed E-state index contributed by atoms with van der Waals surface area (Å²) in [5.74, 6) is 2.28. The van der Waals surface area contributed by atoms with Gasteiger partial charge in [-0.2, -0.15) is 0 Å². The van der Waals surface area contributed by atoms with Crippen LogP contribution in [-0.4, -0.2) is 18.6 Å². The van der Waals surface area contributed by atoms with Crippen LogP contribution in [0.1, 0.15) is 18.5 Å². The predicted octanol–water partition coefficient (Wildman–Crippen LogP) is 4.85. The monoisotopic (exact) mass is 303 g/mol.